The third kappa shape index (κ3) is 3.03. The number of carbonyl (C=O) groups excluding carboxylic acids is 1. The topological polar surface area (TPSA) is 29.1 Å². The summed E-state index contributed by atoms with van der Waals surface area (Å²) in [5.74, 6) is 0. The molecule has 0 aromatic carbocycles. The highest BCUT2D eigenvalue weighted by molar-refractivity contribution is 5.56. The van der Waals surface area contributed by atoms with E-state index >= 15 is 0 Å². The molecular weight excluding hydrogens is 90.1 g/mol. The van der Waals surface area contributed by atoms with E-state index in [0.29, 0.717) is 0 Å². The molecule has 2 heteroatoms. The molecule has 2 nitrogen and oxygen atoms in total. The van der Waals surface area contributed by atoms with Crippen LogP contribution >= 0.6 is 0 Å². The van der Waals surface area contributed by atoms with Gasteiger partial charge in [-0.3, -0.25) is 0 Å². The van der Waals surface area contributed by atoms with Crippen molar-refractivity contribution < 1.29 is 4.79 Å². The average Bonchev–Trinajstić information content (AvgIpc) is 1.68. The summed E-state index contributed by atoms with van der Waals surface area (Å²) in [6, 6.07) is -0.0995. The number of rotatable bonds is 3. The van der Waals surface area contributed by atoms with Crippen molar-refractivity contribution in [2.24, 2.45) is 0 Å². The molecule has 0 aliphatic heterocycles. The molecule has 0 rings (SSSR count). The minimum Gasteiger partial charge on any atom is -0.382 e. The normalized spacial score (nSPS) is 12.1. The van der Waals surface area contributed by atoms with Crippen LogP contribution in [0.15, 0.2) is 12.8 Å². The maximum Gasteiger partial charge on any atom is 0.141 e. The fourth-order valence-electron chi connectivity index (χ4n) is 0.225. The quantitative estimate of drug-likeness (QED) is 0.516. The van der Waals surface area contributed by atoms with Crippen LogP contribution in [0.4, 0.5) is 0 Å². The molecule has 0 radical (unpaired) electrons. The van der Waals surface area contributed by atoms with Crippen molar-refractivity contribution in [1.82, 2.24) is 5.32 Å². The van der Waals surface area contributed by atoms with Crippen LogP contribution in [-0.4, -0.2) is 12.3 Å². The number of hydrogen-bond donors (Lipinski definition) is 1. The molecule has 7 heavy (non-hydrogen) atoms. The molecule has 0 heterocycles. The first-order chi connectivity index (χ1) is 3.31. The molecule has 1 atom stereocenters. The van der Waals surface area contributed by atoms with E-state index in [-0.39, 0.29) is 6.04 Å². The molecule has 0 spiro atoms. The molecule has 1 unspecified atom stereocenters. The van der Waals surface area contributed by atoms with Crippen LogP contribution in [0.25, 0.3) is 0 Å². The highest BCUT2D eigenvalue weighted by atomic mass is 16.1. The second-order valence-corrected chi connectivity index (χ2v) is 1.30. The van der Waals surface area contributed by atoms with E-state index in [1.807, 2.05) is 0 Å². The minimum absolute atomic E-state index is 0.0995. The minimum atomic E-state index is -0.0995. The second-order valence-electron chi connectivity index (χ2n) is 1.30. The monoisotopic (exact) mass is 99.1 g/mol. The molecule has 0 fully saturated rings. The summed E-state index contributed by atoms with van der Waals surface area (Å²) < 4.78 is 0. The predicted molar refractivity (Wildman–Crippen MR) is 28.9 cm³/mol. The van der Waals surface area contributed by atoms with Gasteiger partial charge in [-0.15, -0.1) is 0 Å². The van der Waals surface area contributed by atoms with Crippen LogP contribution < -0.4 is 5.32 Å². The van der Waals surface area contributed by atoms with Crippen molar-refractivity contribution in [1.29, 1.82) is 0 Å². The molecule has 1 N–H and O–H groups in total. The molecule has 0 amide bonds. The second kappa shape index (κ2) is 3.40. The van der Waals surface area contributed by atoms with E-state index in [2.05, 4.69) is 11.9 Å². The van der Waals surface area contributed by atoms with E-state index in [4.69, 9.17) is 0 Å². The van der Waals surface area contributed by atoms with E-state index in [0.717, 1.165) is 6.29 Å². The van der Waals surface area contributed by atoms with E-state index in [1.54, 1.807) is 6.92 Å². The first-order valence-electron chi connectivity index (χ1n) is 2.13. The Labute approximate surface area is 43.2 Å². The predicted octanol–water partition coefficient (Wildman–Crippen LogP) is 0.307. The Morgan fingerprint density at radius 2 is 2.43 bits per heavy atom. The van der Waals surface area contributed by atoms with Gasteiger partial charge in [-0.05, 0) is 13.1 Å². The smallest absolute Gasteiger partial charge is 0.141 e. The Balaban J connectivity index is 3.15. The van der Waals surface area contributed by atoms with Gasteiger partial charge in [-0.1, -0.05) is 6.58 Å². The third-order valence-electron chi connectivity index (χ3n) is 0.585. The maximum absolute atomic E-state index is 9.78. The van der Waals surface area contributed by atoms with Gasteiger partial charge in [0.15, 0.2) is 0 Å². The first kappa shape index (κ1) is 6.21. The lowest BCUT2D eigenvalue weighted by atomic mass is 10.4. The lowest BCUT2D eigenvalue weighted by molar-refractivity contribution is -0.109. The molecule has 0 saturated heterocycles. The van der Waals surface area contributed by atoms with Crippen LogP contribution in [0.2, 0.25) is 0 Å². The Morgan fingerprint density at radius 3 is 2.57 bits per heavy atom. The Bertz CT molecular complexity index is 70.5. The fraction of sp³-hybridized carbons (Fsp3) is 0.400. The Kier molecular flexibility index (Phi) is 3.02. The molecule has 0 bridgehead atoms. The zero-order chi connectivity index (χ0) is 5.70. The van der Waals surface area contributed by atoms with Gasteiger partial charge >= 0.3 is 0 Å². The standard InChI is InChI=1S/C5H9NO/c1-3-6-5(2)4-7/h3-6H,1H2,2H3. The van der Waals surface area contributed by atoms with Gasteiger partial charge < -0.3 is 10.1 Å². The molecule has 40 valence electrons. The summed E-state index contributed by atoms with van der Waals surface area (Å²) in [6.07, 6.45) is 2.32. The van der Waals surface area contributed by atoms with Gasteiger partial charge in [0.25, 0.3) is 0 Å². The Hall–Kier alpha value is -0.790. The number of aldehydes is 1. The van der Waals surface area contributed by atoms with E-state index in [9.17, 15) is 4.79 Å². The van der Waals surface area contributed by atoms with Crippen molar-refractivity contribution in [2.45, 2.75) is 13.0 Å². The summed E-state index contributed by atoms with van der Waals surface area (Å²) in [5, 5.41) is 2.69. The first-order valence-corrected chi connectivity index (χ1v) is 2.13. The zero-order valence-corrected chi connectivity index (χ0v) is 4.35. The van der Waals surface area contributed by atoms with Gasteiger partial charge in [0.2, 0.25) is 0 Å². The average molecular weight is 99.1 g/mol. The highest BCUT2D eigenvalue weighted by Crippen LogP contribution is 1.68. The van der Waals surface area contributed by atoms with E-state index in [1.165, 1.54) is 6.20 Å². The molecular formula is C5H9NO. The fourth-order valence-corrected chi connectivity index (χ4v) is 0.225. The number of carbonyl (C=O) groups is 1. The summed E-state index contributed by atoms with van der Waals surface area (Å²) in [4.78, 5) is 9.78. The van der Waals surface area contributed by atoms with Crippen LogP contribution in [0.3, 0.4) is 0 Å². The van der Waals surface area contributed by atoms with Crippen molar-refractivity contribution in [3.63, 3.8) is 0 Å². The zero-order valence-electron chi connectivity index (χ0n) is 4.35. The molecule has 0 aromatic heterocycles. The van der Waals surface area contributed by atoms with Crippen molar-refractivity contribution in [3.8, 4) is 0 Å². The molecule has 0 aliphatic rings. The van der Waals surface area contributed by atoms with Crippen LogP contribution in [0, 0.1) is 0 Å². The third-order valence-corrected chi connectivity index (χ3v) is 0.585. The van der Waals surface area contributed by atoms with Crippen molar-refractivity contribution >= 4 is 6.29 Å². The highest BCUT2D eigenvalue weighted by Gasteiger charge is 1.88. The van der Waals surface area contributed by atoms with Crippen LogP contribution in [0.5, 0.6) is 0 Å². The summed E-state index contributed by atoms with van der Waals surface area (Å²) in [5.41, 5.74) is 0. The maximum atomic E-state index is 9.78. The van der Waals surface area contributed by atoms with Gasteiger partial charge in [0.05, 0.1) is 6.04 Å². The summed E-state index contributed by atoms with van der Waals surface area (Å²) in [6.45, 7) is 5.14. The molecule has 0 saturated carbocycles. The van der Waals surface area contributed by atoms with Crippen LogP contribution in [0.1, 0.15) is 6.92 Å². The largest absolute Gasteiger partial charge is 0.382 e. The number of hydrogen-bond acceptors (Lipinski definition) is 2. The van der Waals surface area contributed by atoms with Gasteiger partial charge in [0, 0.05) is 0 Å². The molecule has 0 aromatic rings. The summed E-state index contributed by atoms with van der Waals surface area (Å²) >= 11 is 0. The van der Waals surface area contributed by atoms with E-state index < -0.39 is 0 Å². The van der Waals surface area contributed by atoms with Gasteiger partial charge in [0.1, 0.15) is 6.29 Å². The van der Waals surface area contributed by atoms with Crippen LogP contribution in [-0.2, 0) is 4.79 Å². The van der Waals surface area contributed by atoms with Gasteiger partial charge in [-0.2, -0.15) is 0 Å². The SMILES string of the molecule is C=CNC(C)C=O. The lowest BCUT2D eigenvalue weighted by Gasteiger charge is -1.98. The van der Waals surface area contributed by atoms with Gasteiger partial charge in [-0.25, -0.2) is 0 Å². The Morgan fingerprint density at radius 1 is 1.86 bits per heavy atom. The summed E-state index contributed by atoms with van der Waals surface area (Å²) in [7, 11) is 0. The van der Waals surface area contributed by atoms with Crippen molar-refractivity contribution in [2.75, 3.05) is 0 Å². The lowest BCUT2D eigenvalue weighted by Crippen LogP contribution is -2.20. The van der Waals surface area contributed by atoms with Crippen molar-refractivity contribution in [3.05, 3.63) is 12.8 Å². The number of nitrogens with one attached hydrogen (secondary N) is 1. The molecule has 0 aliphatic carbocycles.